The average Bonchev–Trinajstić information content (AvgIpc) is 3.22. The fraction of sp³-hybridized carbons (Fsp3) is 0.120. The number of rotatable bonds is 4. The van der Waals surface area contributed by atoms with Gasteiger partial charge in [-0.15, -0.1) is 0 Å². The summed E-state index contributed by atoms with van der Waals surface area (Å²) < 4.78 is 0. The standard InChI is InChI=1S/C25H20Cl2/c1-25(2)23(24(25)19-6-4-3-5-7-19)16-22(17-8-12-20(26)13-9-17)18-10-14-21(27)15-11-18/h3-16H,1-2H3. The summed E-state index contributed by atoms with van der Waals surface area (Å²) in [7, 11) is 0. The van der Waals surface area contributed by atoms with Crippen molar-refractivity contribution in [1.29, 1.82) is 0 Å². The van der Waals surface area contributed by atoms with E-state index in [1.165, 1.54) is 22.3 Å². The third-order valence-corrected chi connectivity index (χ3v) is 5.67. The molecule has 3 aromatic rings. The number of allylic oxidation sites excluding steroid dienone is 3. The maximum Gasteiger partial charge on any atom is 0.0406 e. The highest BCUT2D eigenvalue weighted by molar-refractivity contribution is 6.31. The molecule has 0 saturated carbocycles. The van der Waals surface area contributed by atoms with Crippen molar-refractivity contribution in [2.45, 2.75) is 13.8 Å². The Balaban J connectivity index is 1.84. The second-order valence-corrected chi connectivity index (χ2v) is 8.22. The van der Waals surface area contributed by atoms with Crippen LogP contribution in [0.1, 0.15) is 30.5 Å². The molecule has 0 spiro atoms. The van der Waals surface area contributed by atoms with Crippen LogP contribution in [0.3, 0.4) is 0 Å². The van der Waals surface area contributed by atoms with Crippen LogP contribution in [0.15, 0.2) is 90.5 Å². The molecule has 1 aliphatic rings. The summed E-state index contributed by atoms with van der Waals surface area (Å²) in [4.78, 5) is 0. The Kier molecular flexibility index (Phi) is 4.72. The number of hydrogen-bond acceptors (Lipinski definition) is 0. The molecular formula is C25H20Cl2. The van der Waals surface area contributed by atoms with E-state index in [-0.39, 0.29) is 5.41 Å². The molecule has 3 aromatic carbocycles. The number of halogens is 2. The summed E-state index contributed by atoms with van der Waals surface area (Å²) in [6.45, 7) is 4.56. The van der Waals surface area contributed by atoms with E-state index in [1.807, 2.05) is 24.3 Å². The third kappa shape index (κ3) is 3.60. The predicted octanol–water partition coefficient (Wildman–Crippen LogP) is 7.92. The SMILES string of the molecule is CC1(C)C(C=C(c2ccc(Cl)cc2)c2ccc(Cl)cc2)=C1c1ccccc1. The second kappa shape index (κ2) is 7.03. The van der Waals surface area contributed by atoms with E-state index in [0.717, 1.165) is 21.2 Å². The first-order chi connectivity index (χ1) is 13.0. The predicted molar refractivity (Wildman–Crippen MR) is 117 cm³/mol. The molecule has 0 heterocycles. The third-order valence-electron chi connectivity index (χ3n) is 5.17. The fourth-order valence-corrected chi connectivity index (χ4v) is 3.86. The van der Waals surface area contributed by atoms with Gasteiger partial charge in [-0.1, -0.05) is 91.6 Å². The lowest BCUT2D eigenvalue weighted by atomic mass is 9.94. The van der Waals surface area contributed by atoms with Crippen molar-refractivity contribution < 1.29 is 0 Å². The molecule has 0 fully saturated rings. The van der Waals surface area contributed by atoms with E-state index in [2.05, 4.69) is 74.5 Å². The first-order valence-electron chi connectivity index (χ1n) is 9.01. The van der Waals surface area contributed by atoms with Crippen molar-refractivity contribution in [3.63, 3.8) is 0 Å². The summed E-state index contributed by atoms with van der Waals surface area (Å²) in [5.41, 5.74) is 7.61. The Morgan fingerprint density at radius 3 is 1.67 bits per heavy atom. The molecule has 0 amide bonds. The van der Waals surface area contributed by atoms with Gasteiger partial charge < -0.3 is 0 Å². The zero-order valence-electron chi connectivity index (χ0n) is 15.3. The van der Waals surface area contributed by atoms with Crippen molar-refractivity contribution in [3.8, 4) is 0 Å². The molecule has 0 N–H and O–H groups in total. The Labute approximate surface area is 170 Å². The maximum atomic E-state index is 6.10. The van der Waals surface area contributed by atoms with Crippen LogP contribution in [0.4, 0.5) is 0 Å². The second-order valence-electron chi connectivity index (χ2n) is 7.35. The molecule has 134 valence electrons. The van der Waals surface area contributed by atoms with E-state index in [9.17, 15) is 0 Å². The summed E-state index contributed by atoms with van der Waals surface area (Å²) in [6.07, 6.45) is 2.31. The van der Waals surface area contributed by atoms with Gasteiger partial charge in [0.1, 0.15) is 0 Å². The van der Waals surface area contributed by atoms with Crippen LogP contribution in [0.5, 0.6) is 0 Å². The molecular weight excluding hydrogens is 371 g/mol. The molecule has 0 atom stereocenters. The van der Waals surface area contributed by atoms with Crippen molar-refractivity contribution in [2.75, 3.05) is 0 Å². The van der Waals surface area contributed by atoms with Gasteiger partial charge in [-0.2, -0.15) is 0 Å². The normalized spacial score (nSPS) is 14.8. The summed E-state index contributed by atoms with van der Waals surface area (Å²) >= 11 is 12.2. The Morgan fingerprint density at radius 2 is 1.19 bits per heavy atom. The highest BCUT2D eigenvalue weighted by Crippen LogP contribution is 2.59. The van der Waals surface area contributed by atoms with E-state index in [4.69, 9.17) is 23.2 Å². The van der Waals surface area contributed by atoms with Crippen molar-refractivity contribution in [2.24, 2.45) is 5.41 Å². The molecule has 0 radical (unpaired) electrons. The first-order valence-corrected chi connectivity index (χ1v) is 9.76. The van der Waals surface area contributed by atoms with Crippen molar-refractivity contribution >= 4 is 34.3 Å². The molecule has 1 aliphatic carbocycles. The zero-order valence-corrected chi connectivity index (χ0v) is 16.9. The topological polar surface area (TPSA) is 0 Å². The minimum absolute atomic E-state index is 0.0749. The smallest absolute Gasteiger partial charge is 0.0406 e. The zero-order chi connectivity index (χ0) is 19.0. The Hall–Kier alpha value is -2.28. The van der Waals surface area contributed by atoms with Gasteiger partial charge in [0.15, 0.2) is 0 Å². The molecule has 4 rings (SSSR count). The van der Waals surface area contributed by atoms with Gasteiger partial charge in [0.25, 0.3) is 0 Å². The molecule has 27 heavy (non-hydrogen) atoms. The van der Waals surface area contributed by atoms with E-state index < -0.39 is 0 Å². The van der Waals surface area contributed by atoms with Crippen LogP contribution in [0.25, 0.3) is 11.1 Å². The number of benzene rings is 3. The van der Waals surface area contributed by atoms with Crippen LogP contribution in [0, 0.1) is 5.41 Å². The Morgan fingerprint density at radius 1 is 0.704 bits per heavy atom. The molecule has 2 heteroatoms. The largest absolute Gasteiger partial charge is 0.0843 e. The minimum atomic E-state index is 0.0749. The van der Waals surface area contributed by atoms with Crippen molar-refractivity contribution in [3.05, 3.63) is 117 Å². The van der Waals surface area contributed by atoms with Crippen LogP contribution >= 0.6 is 23.2 Å². The lowest BCUT2D eigenvalue weighted by Crippen LogP contribution is -1.94. The molecule has 0 bridgehead atoms. The molecule has 0 unspecified atom stereocenters. The van der Waals surface area contributed by atoms with E-state index >= 15 is 0 Å². The number of hydrogen-bond donors (Lipinski definition) is 0. The van der Waals surface area contributed by atoms with Gasteiger partial charge in [0.05, 0.1) is 0 Å². The van der Waals surface area contributed by atoms with Gasteiger partial charge in [-0.25, -0.2) is 0 Å². The van der Waals surface area contributed by atoms with Gasteiger partial charge >= 0.3 is 0 Å². The van der Waals surface area contributed by atoms with Gasteiger partial charge in [-0.05, 0) is 63.8 Å². The van der Waals surface area contributed by atoms with Crippen LogP contribution in [-0.4, -0.2) is 0 Å². The van der Waals surface area contributed by atoms with Gasteiger partial charge in [0, 0.05) is 15.5 Å². The summed E-state index contributed by atoms with van der Waals surface area (Å²) in [5.74, 6) is 0. The minimum Gasteiger partial charge on any atom is -0.0843 e. The summed E-state index contributed by atoms with van der Waals surface area (Å²) in [6, 6.07) is 26.6. The highest BCUT2D eigenvalue weighted by Gasteiger charge is 2.44. The van der Waals surface area contributed by atoms with E-state index in [0.29, 0.717) is 0 Å². The monoisotopic (exact) mass is 390 g/mol. The maximum absolute atomic E-state index is 6.10. The van der Waals surface area contributed by atoms with Gasteiger partial charge in [-0.3, -0.25) is 0 Å². The fourth-order valence-electron chi connectivity index (χ4n) is 3.61. The molecule has 0 aromatic heterocycles. The quantitative estimate of drug-likeness (QED) is 0.424. The van der Waals surface area contributed by atoms with Crippen LogP contribution in [0.2, 0.25) is 10.0 Å². The van der Waals surface area contributed by atoms with Gasteiger partial charge in [0.2, 0.25) is 0 Å². The lowest BCUT2D eigenvalue weighted by Gasteiger charge is -2.10. The molecule has 0 nitrogen and oxygen atoms in total. The van der Waals surface area contributed by atoms with Crippen LogP contribution < -0.4 is 0 Å². The van der Waals surface area contributed by atoms with Crippen LogP contribution in [-0.2, 0) is 0 Å². The average molecular weight is 391 g/mol. The Bertz CT molecular complexity index is 974. The highest BCUT2D eigenvalue weighted by atomic mass is 35.5. The summed E-state index contributed by atoms with van der Waals surface area (Å²) in [5, 5.41) is 1.48. The van der Waals surface area contributed by atoms with Crippen molar-refractivity contribution in [1.82, 2.24) is 0 Å². The lowest BCUT2D eigenvalue weighted by molar-refractivity contribution is 0.724. The first kappa shape index (κ1) is 18.1. The molecule has 0 saturated heterocycles. The molecule has 0 aliphatic heterocycles. The van der Waals surface area contributed by atoms with E-state index in [1.54, 1.807) is 0 Å².